The minimum absolute atomic E-state index is 0.0198. The van der Waals surface area contributed by atoms with Crippen molar-refractivity contribution in [3.05, 3.63) is 29.3 Å². The lowest BCUT2D eigenvalue weighted by atomic mass is 9.84. The Hall–Kier alpha value is -2.06. The van der Waals surface area contributed by atoms with Gasteiger partial charge in [-0.05, 0) is 81.7 Å². The Bertz CT molecular complexity index is 695. The number of carbonyl (C=O) groups is 1. The predicted octanol–water partition coefficient (Wildman–Crippen LogP) is 3.40. The largest absolute Gasteiger partial charge is 0.369 e. The van der Waals surface area contributed by atoms with Gasteiger partial charge in [-0.25, -0.2) is 0 Å². The lowest BCUT2D eigenvalue weighted by Gasteiger charge is -2.37. The molecule has 0 spiro atoms. The first-order chi connectivity index (χ1) is 13.5. The van der Waals surface area contributed by atoms with Gasteiger partial charge in [0.2, 0.25) is 5.91 Å². The zero-order valence-corrected chi connectivity index (χ0v) is 17.4. The minimum atomic E-state index is -0.118. The third kappa shape index (κ3) is 5.72. The maximum Gasteiger partial charge on any atom is 0.234 e. The summed E-state index contributed by atoms with van der Waals surface area (Å²) in [4.78, 5) is 16.7. The van der Waals surface area contributed by atoms with Gasteiger partial charge >= 0.3 is 0 Å². The van der Waals surface area contributed by atoms with E-state index in [0.29, 0.717) is 0 Å². The number of rotatable bonds is 6. The maximum absolute atomic E-state index is 11.5. The molecule has 0 unspecified atom stereocenters. The molecule has 1 amide bonds. The summed E-state index contributed by atoms with van der Waals surface area (Å²) in [7, 11) is 0. The summed E-state index contributed by atoms with van der Waals surface area (Å²) in [5, 5.41) is 11.6. The van der Waals surface area contributed by atoms with Crippen molar-refractivity contribution < 1.29 is 4.79 Å². The molecule has 0 radical (unpaired) electrons. The van der Waals surface area contributed by atoms with Crippen molar-refractivity contribution in [2.45, 2.75) is 58.4 Å². The molecule has 2 fully saturated rings. The Labute approximate surface area is 169 Å². The molecular formula is C23H34N4O. The zero-order valence-electron chi connectivity index (χ0n) is 17.4. The number of hydrogen-bond donors (Lipinski definition) is 1. The van der Waals surface area contributed by atoms with Crippen LogP contribution in [0.2, 0.25) is 0 Å². The number of amides is 1. The van der Waals surface area contributed by atoms with Gasteiger partial charge in [0.05, 0.1) is 6.07 Å². The lowest BCUT2D eigenvalue weighted by Crippen LogP contribution is -2.47. The topological polar surface area (TPSA) is 59.4 Å². The van der Waals surface area contributed by atoms with Crippen molar-refractivity contribution >= 4 is 11.6 Å². The summed E-state index contributed by atoms with van der Waals surface area (Å²) >= 11 is 0. The Kier molecular flexibility index (Phi) is 7.33. The molecule has 0 aromatic heterocycles. The molecule has 1 saturated carbocycles. The first-order valence-electron chi connectivity index (χ1n) is 10.8. The van der Waals surface area contributed by atoms with E-state index in [1.54, 1.807) is 0 Å². The van der Waals surface area contributed by atoms with E-state index in [0.717, 1.165) is 44.9 Å². The van der Waals surface area contributed by atoms with Crippen molar-refractivity contribution in [2.24, 2.45) is 5.92 Å². The molecule has 1 saturated heterocycles. The number of carbonyl (C=O) groups excluding carboxylic acids is 1. The number of nitriles is 1. The third-order valence-electron chi connectivity index (χ3n) is 6.53. The van der Waals surface area contributed by atoms with Crippen LogP contribution in [0.15, 0.2) is 18.2 Å². The number of nitrogens with zero attached hydrogens (tertiary/aromatic N) is 3. The molecule has 0 atom stereocenters. The van der Waals surface area contributed by atoms with Crippen LogP contribution in [0.1, 0.15) is 49.7 Å². The molecule has 1 aromatic carbocycles. The monoisotopic (exact) mass is 382 g/mol. The molecule has 3 rings (SSSR count). The molecular weight excluding hydrogens is 348 g/mol. The van der Waals surface area contributed by atoms with E-state index in [4.69, 9.17) is 5.26 Å². The average molecular weight is 383 g/mol. The molecule has 1 aromatic rings. The highest BCUT2D eigenvalue weighted by Gasteiger charge is 2.24. The molecule has 1 aliphatic carbocycles. The molecule has 0 bridgehead atoms. The van der Waals surface area contributed by atoms with Gasteiger partial charge in [-0.1, -0.05) is 6.07 Å². The number of hydrogen-bond acceptors (Lipinski definition) is 4. The molecule has 5 nitrogen and oxygen atoms in total. The van der Waals surface area contributed by atoms with Crippen LogP contribution in [0.25, 0.3) is 0 Å². The Morgan fingerprint density at radius 1 is 1.11 bits per heavy atom. The zero-order chi connectivity index (χ0) is 19.9. The van der Waals surface area contributed by atoms with Crippen LogP contribution in [-0.4, -0.2) is 49.6 Å². The standard InChI is InChI=1S/C23H34N4O/c1-18-3-8-22(17-19(18)2)27-15-13-26(14-16-27)12-10-20-4-6-21(7-5-20)25-23(28)9-11-24/h3,8,17,20-21H,4-7,9-10,12-16H2,1-2H3,(H,25,28)/t20-,21-. The second kappa shape index (κ2) is 9.93. The van der Waals surface area contributed by atoms with Gasteiger partial charge in [0, 0.05) is 37.9 Å². The molecule has 1 N–H and O–H groups in total. The van der Waals surface area contributed by atoms with Gasteiger partial charge in [0.1, 0.15) is 6.42 Å². The first-order valence-corrected chi connectivity index (χ1v) is 10.8. The van der Waals surface area contributed by atoms with Gasteiger partial charge in [-0.2, -0.15) is 5.26 Å². The van der Waals surface area contributed by atoms with Gasteiger partial charge in [-0.3, -0.25) is 9.69 Å². The second-order valence-corrected chi connectivity index (χ2v) is 8.51. The van der Waals surface area contributed by atoms with Crippen LogP contribution in [0, 0.1) is 31.1 Å². The van der Waals surface area contributed by atoms with Crippen molar-refractivity contribution in [3.8, 4) is 6.07 Å². The van der Waals surface area contributed by atoms with Crippen molar-refractivity contribution in [3.63, 3.8) is 0 Å². The van der Waals surface area contributed by atoms with Crippen LogP contribution in [0.5, 0.6) is 0 Å². The minimum Gasteiger partial charge on any atom is -0.369 e. The SMILES string of the molecule is Cc1ccc(N2CCN(CC[C@H]3CC[C@H](NC(=O)CC#N)CC3)CC2)cc1C. The molecule has 5 heteroatoms. The van der Waals surface area contributed by atoms with Crippen molar-refractivity contribution in [1.82, 2.24) is 10.2 Å². The molecule has 28 heavy (non-hydrogen) atoms. The molecule has 152 valence electrons. The highest BCUT2D eigenvalue weighted by molar-refractivity contribution is 5.78. The highest BCUT2D eigenvalue weighted by atomic mass is 16.1. The van der Waals surface area contributed by atoms with Crippen LogP contribution in [-0.2, 0) is 4.79 Å². The second-order valence-electron chi connectivity index (χ2n) is 8.51. The van der Waals surface area contributed by atoms with E-state index in [9.17, 15) is 4.79 Å². The Morgan fingerprint density at radius 3 is 2.46 bits per heavy atom. The van der Waals surface area contributed by atoms with Gasteiger partial charge in [0.15, 0.2) is 0 Å². The van der Waals surface area contributed by atoms with Crippen LogP contribution in [0.4, 0.5) is 5.69 Å². The van der Waals surface area contributed by atoms with E-state index in [1.165, 1.54) is 42.6 Å². The summed E-state index contributed by atoms with van der Waals surface area (Å²) in [6.07, 6.45) is 5.75. The van der Waals surface area contributed by atoms with E-state index in [1.807, 2.05) is 6.07 Å². The Morgan fingerprint density at radius 2 is 1.82 bits per heavy atom. The fourth-order valence-electron chi connectivity index (χ4n) is 4.46. The van der Waals surface area contributed by atoms with E-state index >= 15 is 0 Å². The summed E-state index contributed by atoms with van der Waals surface area (Å²) in [5.74, 6) is 0.662. The van der Waals surface area contributed by atoms with Crippen LogP contribution in [0.3, 0.4) is 0 Å². The van der Waals surface area contributed by atoms with Crippen molar-refractivity contribution in [1.29, 1.82) is 5.26 Å². The number of benzene rings is 1. The Balaban J connectivity index is 1.34. The number of nitrogens with one attached hydrogen (secondary N) is 1. The quantitative estimate of drug-likeness (QED) is 0.819. The molecule has 1 heterocycles. The summed E-state index contributed by atoms with van der Waals surface area (Å²) in [5.41, 5.74) is 4.10. The predicted molar refractivity (Wildman–Crippen MR) is 113 cm³/mol. The summed E-state index contributed by atoms with van der Waals surface area (Å²) < 4.78 is 0. The van der Waals surface area contributed by atoms with Gasteiger partial charge in [0.25, 0.3) is 0 Å². The van der Waals surface area contributed by atoms with Crippen molar-refractivity contribution in [2.75, 3.05) is 37.6 Å². The van der Waals surface area contributed by atoms with E-state index in [-0.39, 0.29) is 18.4 Å². The van der Waals surface area contributed by atoms with E-state index < -0.39 is 0 Å². The van der Waals surface area contributed by atoms with Gasteiger partial charge in [-0.15, -0.1) is 0 Å². The number of piperazine rings is 1. The van der Waals surface area contributed by atoms with Crippen LogP contribution >= 0.6 is 0 Å². The first kappa shape index (κ1) is 20.7. The maximum atomic E-state index is 11.5. The molecule has 2 aliphatic rings. The fraction of sp³-hybridized carbons (Fsp3) is 0.652. The average Bonchev–Trinajstić information content (AvgIpc) is 2.70. The highest BCUT2D eigenvalue weighted by Crippen LogP contribution is 2.27. The summed E-state index contributed by atoms with van der Waals surface area (Å²) in [6.45, 7) is 10.1. The summed E-state index contributed by atoms with van der Waals surface area (Å²) in [6, 6.07) is 9.00. The smallest absolute Gasteiger partial charge is 0.234 e. The number of anilines is 1. The normalized spacial score (nSPS) is 23.2. The fourth-order valence-corrected chi connectivity index (χ4v) is 4.46. The van der Waals surface area contributed by atoms with Crippen LogP contribution < -0.4 is 10.2 Å². The third-order valence-corrected chi connectivity index (χ3v) is 6.53. The lowest BCUT2D eigenvalue weighted by molar-refractivity contribution is -0.121. The van der Waals surface area contributed by atoms with Gasteiger partial charge < -0.3 is 10.2 Å². The van der Waals surface area contributed by atoms with E-state index in [2.05, 4.69) is 47.2 Å². The molecule has 1 aliphatic heterocycles. The number of aryl methyl sites for hydroxylation is 2.